The number of methoxy groups -OCH3 is 2. The van der Waals surface area contributed by atoms with Crippen LogP contribution in [-0.4, -0.2) is 20.8 Å². The lowest BCUT2D eigenvalue weighted by Crippen LogP contribution is -2.02. The van der Waals surface area contributed by atoms with Crippen molar-refractivity contribution in [2.24, 2.45) is 5.73 Å². The van der Waals surface area contributed by atoms with Gasteiger partial charge in [-0.05, 0) is 49.6 Å². The molecule has 0 aliphatic heterocycles. The van der Waals surface area contributed by atoms with E-state index in [1.54, 1.807) is 14.2 Å². The second-order valence-corrected chi connectivity index (χ2v) is 3.53. The third-order valence-electron chi connectivity index (χ3n) is 2.49. The first-order valence-corrected chi connectivity index (χ1v) is 5.14. The SMILES string of the molecule is COc1cc(C)c(CCCN)cc1OC. The van der Waals surface area contributed by atoms with Crippen LogP contribution >= 0.6 is 0 Å². The molecule has 0 aromatic heterocycles. The summed E-state index contributed by atoms with van der Waals surface area (Å²) in [6.07, 6.45) is 1.99. The van der Waals surface area contributed by atoms with Crippen LogP contribution in [0, 0.1) is 6.92 Å². The van der Waals surface area contributed by atoms with E-state index in [0.29, 0.717) is 6.54 Å². The molecule has 0 aliphatic rings. The second kappa shape index (κ2) is 5.61. The summed E-state index contributed by atoms with van der Waals surface area (Å²) in [5.74, 6) is 1.57. The van der Waals surface area contributed by atoms with Crippen LogP contribution < -0.4 is 15.2 Å². The van der Waals surface area contributed by atoms with Gasteiger partial charge >= 0.3 is 0 Å². The minimum Gasteiger partial charge on any atom is -0.493 e. The molecule has 0 bridgehead atoms. The summed E-state index contributed by atoms with van der Waals surface area (Å²) in [5.41, 5.74) is 8.00. The van der Waals surface area contributed by atoms with Gasteiger partial charge in [-0.15, -0.1) is 0 Å². The predicted molar refractivity (Wildman–Crippen MR) is 61.7 cm³/mol. The van der Waals surface area contributed by atoms with Crippen LogP contribution in [0.5, 0.6) is 11.5 Å². The van der Waals surface area contributed by atoms with E-state index in [2.05, 4.69) is 6.92 Å². The van der Waals surface area contributed by atoms with Crippen LogP contribution in [0.2, 0.25) is 0 Å². The Morgan fingerprint density at radius 3 is 2.27 bits per heavy atom. The Kier molecular flexibility index (Phi) is 4.43. The fourth-order valence-electron chi connectivity index (χ4n) is 1.58. The quantitative estimate of drug-likeness (QED) is 0.805. The summed E-state index contributed by atoms with van der Waals surface area (Å²) in [7, 11) is 3.30. The second-order valence-electron chi connectivity index (χ2n) is 3.53. The third-order valence-corrected chi connectivity index (χ3v) is 2.49. The van der Waals surface area contributed by atoms with Crippen LogP contribution in [0.3, 0.4) is 0 Å². The summed E-state index contributed by atoms with van der Waals surface area (Å²) in [6.45, 7) is 2.79. The molecule has 0 fully saturated rings. The van der Waals surface area contributed by atoms with Crippen molar-refractivity contribution in [2.45, 2.75) is 19.8 Å². The summed E-state index contributed by atoms with van der Waals surface area (Å²) in [6, 6.07) is 4.04. The van der Waals surface area contributed by atoms with Crippen LogP contribution in [0.1, 0.15) is 17.5 Å². The van der Waals surface area contributed by atoms with Gasteiger partial charge in [-0.25, -0.2) is 0 Å². The van der Waals surface area contributed by atoms with Crippen molar-refractivity contribution >= 4 is 0 Å². The highest BCUT2D eigenvalue weighted by atomic mass is 16.5. The highest BCUT2D eigenvalue weighted by molar-refractivity contribution is 5.47. The monoisotopic (exact) mass is 209 g/mol. The van der Waals surface area contributed by atoms with Crippen LogP contribution in [0.4, 0.5) is 0 Å². The molecule has 3 heteroatoms. The molecule has 1 aromatic carbocycles. The molecular formula is C12H19NO2. The lowest BCUT2D eigenvalue weighted by atomic mass is 10.0. The molecule has 0 aliphatic carbocycles. The number of rotatable bonds is 5. The molecule has 3 nitrogen and oxygen atoms in total. The van der Waals surface area contributed by atoms with Crippen LogP contribution in [0.15, 0.2) is 12.1 Å². The van der Waals surface area contributed by atoms with E-state index in [9.17, 15) is 0 Å². The Labute approximate surface area is 91.2 Å². The predicted octanol–water partition coefficient (Wildman–Crippen LogP) is 1.90. The fourth-order valence-corrected chi connectivity index (χ4v) is 1.58. The Bertz CT molecular complexity index is 324. The van der Waals surface area contributed by atoms with Crippen LogP contribution in [0.25, 0.3) is 0 Å². The number of nitrogens with two attached hydrogens (primary N) is 1. The largest absolute Gasteiger partial charge is 0.493 e. The molecule has 0 amide bonds. The van der Waals surface area contributed by atoms with E-state index in [4.69, 9.17) is 15.2 Å². The van der Waals surface area contributed by atoms with E-state index in [-0.39, 0.29) is 0 Å². The van der Waals surface area contributed by atoms with E-state index in [1.165, 1.54) is 11.1 Å². The van der Waals surface area contributed by atoms with E-state index >= 15 is 0 Å². The number of hydrogen-bond donors (Lipinski definition) is 1. The van der Waals surface area contributed by atoms with Crippen molar-refractivity contribution in [3.05, 3.63) is 23.3 Å². The molecule has 1 rings (SSSR count). The molecule has 0 radical (unpaired) electrons. The lowest BCUT2D eigenvalue weighted by Gasteiger charge is -2.12. The van der Waals surface area contributed by atoms with Gasteiger partial charge in [-0.3, -0.25) is 0 Å². The first kappa shape index (κ1) is 11.9. The van der Waals surface area contributed by atoms with Crippen molar-refractivity contribution in [3.63, 3.8) is 0 Å². The van der Waals surface area contributed by atoms with Gasteiger partial charge in [0.05, 0.1) is 14.2 Å². The van der Waals surface area contributed by atoms with Crippen LogP contribution in [-0.2, 0) is 6.42 Å². The average molecular weight is 209 g/mol. The molecule has 0 saturated heterocycles. The van der Waals surface area contributed by atoms with Gasteiger partial charge in [0.1, 0.15) is 0 Å². The minimum atomic E-state index is 0.716. The third kappa shape index (κ3) is 2.86. The number of aryl methyl sites for hydroxylation is 2. The van der Waals surface area contributed by atoms with Gasteiger partial charge in [0.25, 0.3) is 0 Å². The Morgan fingerprint density at radius 2 is 1.73 bits per heavy atom. The fraction of sp³-hybridized carbons (Fsp3) is 0.500. The van der Waals surface area contributed by atoms with Gasteiger partial charge in [0, 0.05) is 0 Å². The summed E-state index contributed by atoms with van der Waals surface area (Å²) < 4.78 is 10.5. The molecule has 2 N–H and O–H groups in total. The van der Waals surface area contributed by atoms with Crippen molar-refractivity contribution < 1.29 is 9.47 Å². The molecule has 0 spiro atoms. The van der Waals surface area contributed by atoms with Crippen molar-refractivity contribution in [3.8, 4) is 11.5 Å². The maximum absolute atomic E-state index is 5.50. The lowest BCUT2D eigenvalue weighted by molar-refractivity contribution is 0.354. The molecule has 0 saturated carbocycles. The Balaban J connectivity index is 2.97. The normalized spacial score (nSPS) is 10.1. The smallest absolute Gasteiger partial charge is 0.161 e. The van der Waals surface area contributed by atoms with Crippen molar-refractivity contribution in [1.29, 1.82) is 0 Å². The van der Waals surface area contributed by atoms with Gasteiger partial charge in [0.2, 0.25) is 0 Å². The van der Waals surface area contributed by atoms with Gasteiger partial charge in [-0.1, -0.05) is 0 Å². The summed E-state index contributed by atoms with van der Waals surface area (Å²) in [5, 5.41) is 0. The van der Waals surface area contributed by atoms with E-state index in [1.807, 2.05) is 12.1 Å². The van der Waals surface area contributed by atoms with Crippen molar-refractivity contribution in [1.82, 2.24) is 0 Å². The maximum Gasteiger partial charge on any atom is 0.161 e. The van der Waals surface area contributed by atoms with Crippen molar-refractivity contribution in [2.75, 3.05) is 20.8 Å². The standard InChI is InChI=1S/C12H19NO2/c1-9-7-11(14-2)12(15-3)8-10(9)5-4-6-13/h7-8H,4-6,13H2,1-3H3. The summed E-state index contributed by atoms with van der Waals surface area (Å²) in [4.78, 5) is 0. The highest BCUT2D eigenvalue weighted by Crippen LogP contribution is 2.30. The molecule has 0 heterocycles. The van der Waals surface area contributed by atoms with Gasteiger partial charge in [-0.2, -0.15) is 0 Å². The first-order valence-electron chi connectivity index (χ1n) is 5.14. The highest BCUT2D eigenvalue weighted by Gasteiger charge is 2.07. The number of hydrogen-bond acceptors (Lipinski definition) is 3. The Morgan fingerprint density at radius 1 is 1.13 bits per heavy atom. The topological polar surface area (TPSA) is 44.5 Å². The van der Waals surface area contributed by atoms with Gasteiger partial charge in [0.15, 0.2) is 11.5 Å². The van der Waals surface area contributed by atoms with E-state index < -0.39 is 0 Å². The Hall–Kier alpha value is -1.22. The molecule has 15 heavy (non-hydrogen) atoms. The van der Waals surface area contributed by atoms with Gasteiger partial charge < -0.3 is 15.2 Å². The number of benzene rings is 1. The summed E-state index contributed by atoms with van der Waals surface area (Å²) >= 11 is 0. The maximum atomic E-state index is 5.50. The molecule has 0 atom stereocenters. The molecule has 0 unspecified atom stereocenters. The zero-order valence-corrected chi connectivity index (χ0v) is 9.67. The molecule has 84 valence electrons. The molecular weight excluding hydrogens is 190 g/mol. The minimum absolute atomic E-state index is 0.716. The zero-order valence-electron chi connectivity index (χ0n) is 9.67. The zero-order chi connectivity index (χ0) is 11.3. The van der Waals surface area contributed by atoms with E-state index in [0.717, 1.165) is 24.3 Å². The first-order chi connectivity index (χ1) is 7.22. The average Bonchev–Trinajstić information content (AvgIpc) is 2.27. The number of ether oxygens (including phenoxy) is 2. The molecule has 1 aromatic rings.